The molecule has 1 saturated heterocycles. The van der Waals surface area contributed by atoms with Gasteiger partial charge in [0, 0.05) is 25.2 Å². The van der Waals surface area contributed by atoms with Crippen LogP contribution in [0.25, 0.3) is 0 Å². The van der Waals surface area contributed by atoms with Crippen molar-refractivity contribution in [1.82, 2.24) is 9.62 Å². The van der Waals surface area contributed by atoms with Gasteiger partial charge in [0.15, 0.2) is 0 Å². The van der Waals surface area contributed by atoms with E-state index in [1.54, 1.807) is 4.31 Å². The van der Waals surface area contributed by atoms with Crippen LogP contribution in [-0.4, -0.2) is 44.2 Å². The largest absolute Gasteiger partial charge is 0.492 e. The molecule has 0 saturated carbocycles. The molecule has 0 amide bonds. The van der Waals surface area contributed by atoms with Gasteiger partial charge in [-0.05, 0) is 25.5 Å². The minimum Gasteiger partial charge on any atom is -0.492 e. The molecule has 1 N–H and O–H groups in total. The molecule has 3 rings (SSSR count). The molecule has 5 nitrogen and oxygen atoms in total. The summed E-state index contributed by atoms with van der Waals surface area (Å²) in [6.45, 7) is 2.72. The average molecular weight is 296 g/mol. The van der Waals surface area contributed by atoms with Crippen LogP contribution in [0.2, 0.25) is 0 Å². The van der Waals surface area contributed by atoms with E-state index in [1.807, 2.05) is 24.3 Å². The first-order chi connectivity index (χ1) is 9.68. The van der Waals surface area contributed by atoms with Crippen molar-refractivity contribution in [2.24, 2.45) is 0 Å². The van der Waals surface area contributed by atoms with Gasteiger partial charge in [-0.3, -0.25) is 0 Å². The molecule has 0 radical (unpaired) electrons. The van der Waals surface area contributed by atoms with Gasteiger partial charge in [0.05, 0.1) is 5.25 Å². The monoisotopic (exact) mass is 296 g/mol. The van der Waals surface area contributed by atoms with Crippen LogP contribution in [-0.2, 0) is 16.6 Å². The first-order valence-corrected chi connectivity index (χ1v) is 8.58. The highest BCUT2D eigenvalue weighted by Crippen LogP contribution is 2.26. The molecule has 1 fully saturated rings. The van der Waals surface area contributed by atoms with Crippen molar-refractivity contribution in [3.8, 4) is 5.75 Å². The van der Waals surface area contributed by atoms with Crippen LogP contribution in [0.15, 0.2) is 24.3 Å². The molecular formula is C14H20N2O3S. The Morgan fingerprint density at radius 3 is 2.95 bits per heavy atom. The summed E-state index contributed by atoms with van der Waals surface area (Å²) in [6, 6.07) is 7.66. The molecule has 2 aliphatic rings. The van der Waals surface area contributed by atoms with E-state index in [2.05, 4.69) is 5.32 Å². The van der Waals surface area contributed by atoms with Crippen molar-refractivity contribution in [2.75, 3.05) is 26.2 Å². The zero-order valence-corrected chi connectivity index (χ0v) is 12.2. The highest BCUT2D eigenvalue weighted by molar-refractivity contribution is 7.89. The molecular weight excluding hydrogens is 276 g/mol. The molecule has 2 heterocycles. The first kappa shape index (κ1) is 13.9. The summed E-state index contributed by atoms with van der Waals surface area (Å²) in [7, 11) is -3.26. The second kappa shape index (κ2) is 5.71. The topological polar surface area (TPSA) is 58.6 Å². The molecule has 1 aromatic rings. The molecule has 20 heavy (non-hydrogen) atoms. The van der Waals surface area contributed by atoms with Gasteiger partial charge in [-0.15, -0.1) is 0 Å². The van der Waals surface area contributed by atoms with Gasteiger partial charge in [0.1, 0.15) is 12.4 Å². The zero-order chi connectivity index (χ0) is 14.0. The summed E-state index contributed by atoms with van der Waals surface area (Å²) in [5.41, 5.74) is 0.942. The number of para-hydroxylation sites is 1. The molecule has 0 spiro atoms. The van der Waals surface area contributed by atoms with E-state index < -0.39 is 10.0 Å². The predicted molar refractivity (Wildman–Crippen MR) is 77.2 cm³/mol. The number of ether oxygens (including phenoxy) is 1. The van der Waals surface area contributed by atoms with E-state index in [1.165, 1.54) is 0 Å². The second-order valence-corrected chi connectivity index (χ2v) is 7.52. The smallest absolute Gasteiger partial charge is 0.218 e. The number of nitrogens with one attached hydrogen (secondary N) is 1. The molecule has 2 aliphatic heterocycles. The molecule has 6 heteroatoms. The summed E-state index contributed by atoms with van der Waals surface area (Å²) in [5.74, 6) is 0.798. The van der Waals surface area contributed by atoms with Gasteiger partial charge in [0.25, 0.3) is 0 Å². The van der Waals surface area contributed by atoms with Crippen LogP contribution in [0.3, 0.4) is 0 Å². The zero-order valence-electron chi connectivity index (χ0n) is 11.4. The Morgan fingerprint density at radius 1 is 1.30 bits per heavy atom. The van der Waals surface area contributed by atoms with E-state index >= 15 is 0 Å². The van der Waals surface area contributed by atoms with Crippen molar-refractivity contribution in [3.63, 3.8) is 0 Å². The number of piperidine rings is 1. The maximum Gasteiger partial charge on any atom is 0.218 e. The van der Waals surface area contributed by atoms with Crippen LogP contribution in [0.1, 0.15) is 18.4 Å². The maximum atomic E-state index is 12.7. The Labute approximate surface area is 120 Å². The minimum absolute atomic E-state index is 0.304. The lowest BCUT2D eigenvalue weighted by atomic mass is 10.2. The van der Waals surface area contributed by atoms with Gasteiger partial charge in [0.2, 0.25) is 10.0 Å². The number of benzene rings is 1. The van der Waals surface area contributed by atoms with Gasteiger partial charge in [-0.25, -0.2) is 8.42 Å². The lowest BCUT2D eigenvalue weighted by molar-refractivity contribution is 0.290. The predicted octanol–water partition coefficient (Wildman–Crippen LogP) is 0.963. The van der Waals surface area contributed by atoms with E-state index in [-0.39, 0.29) is 5.25 Å². The van der Waals surface area contributed by atoms with Crippen LogP contribution in [0, 0.1) is 0 Å². The summed E-state index contributed by atoms with van der Waals surface area (Å²) < 4.78 is 32.7. The maximum absolute atomic E-state index is 12.7. The Hall–Kier alpha value is -1.11. The van der Waals surface area contributed by atoms with Crippen LogP contribution < -0.4 is 10.1 Å². The Bertz CT molecular complexity index is 568. The Kier molecular flexibility index (Phi) is 3.96. The fourth-order valence-electron chi connectivity index (χ4n) is 2.80. The third-order valence-electron chi connectivity index (χ3n) is 3.95. The van der Waals surface area contributed by atoms with Crippen molar-refractivity contribution >= 4 is 10.0 Å². The molecule has 1 atom stereocenters. The summed E-state index contributed by atoms with van der Waals surface area (Å²) in [5, 5.41) is 2.87. The highest BCUT2D eigenvalue weighted by Gasteiger charge is 2.34. The fourth-order valence-corrected chi connectivity index (χ4v) is 4.67. The van der Waals surface area contributed by atoms with Crippen molar-refractivity contribution < 1.29 is 13.2 Å². The van der Waals surface area contributed by atoms with E-state index in [4.69, 9.17) is 4.74 Å². The highest BCUT2D eigenvalue weighted by atomic mass is 32.2. The summed E-state index contributed by atoms with van der Waals surface area (Å²) in [6.07, 6.45) is 1.67. The molecule has 1 unspecified atom stereocenters. The van der Waals surface area contributed by atoms with Crippen molar-refractivity contribution in [2.45, 2.75) is 24.6 Å². The number of hydrogen-bond donors (Lipinski definition) is 1. The molecule has 110 valence electrons. The number of nitrogens with zero attached hydrogens (tertiary/aromatic N) is 1. The Morgan fingerprint density at radius 2 is 2.15 bits per heavy atom. The van der Waals surface area contributed by atoms with Crippen LogP contribution >= 0.6 is 0 Å². The number of hydrogen-bond acceptors (Lipinski definition) is 4. The normalized spacial score (nSPS) is 24.5. The third-order valence-corrected chi connectivity index (χ3v) is 6.23. The van der Waals surface area contributed by atoms with Crippen molar-refractivity contribution in [3.05, 3.63) is 29.8 Å². The fraction of sp³-hybridized carbons (Fsp3) is 0.571. The Balaban J connectivity index is 1.83. The lowest BCUT2D eigenvalue weighted by Crippen LogP contribution is -2.46. The SMILES string of the molecule is O=S(=O)(C1CCCNC1)N1CCOc2ccccc2C1. The number of sulfonamides is 1. The number of rotatable bonds is 2. The lowest BCUT2D eigenvalue weighted by Gasteiger charge is -2.28. The van der Waals surface area contributed by atoms with Gasteiger partial charge in [-0.1, -0.05) is 18.2 Å². The minimum atomic E-state index is -3.26. The molecule has 0 bridgehead atoms. The van der Waals surface area contributed by atoms with E-state index in [0.29, 0.717) is 26.2 Å². The van der Waals surface area contributed by atoms with Gasteiger partial charge >= 0.3 is 0 Å². The first-order valence-electron chi connectivity index (χ1n) is 7.08. The van der Waals surface area contributed by atoms with E-state index in [9.17, 15) is 8.42 Å². The molecule has 0 aromatic heterocycles. The van der Waals surface area contributed by atoms with Crippen LogP contribution in [0.5, 0.6) is 5.75 Å². The number of fused-ring (bicyclic) bond motifs is 1. The molecule has 1 aromatic carbocycles. The standard InChI is InChI=1S/C14H20N2O3S/c17-20(18,13-5-3-7-15-10-13)16-8-9-19-14-6-2-1-4-12(14)11-16/h1-2,4,6,13,15H,3,5,7-11H2. The van der Waals surface area contributed by atoms with Gasteiger partial charge < -0.3 is 10.1 Å². The van der Waals surface area contributed by atoms with Gasteiger partial charge in [-0.2, -0.15) is 4.31 Å². The second-order valence-electron chi connectivity index (χ2n) is 5.30. The van der Waals surface area contributed by atoms with Crippen molar-refractivity contribution in [1.29, 1.82) is 0 Å². The van der Waals surface area contributed by atoms with Crippen LogP contribution in [0.4, 0.5) is 0 Å². The van der Waals surface area contributed by atoms with E-state index in [0.717, 1.165) is 30.7 Å². The average Bonchev–Trinajstić information content (AvgIpc) is 2.71. The quantitative estimate of drug-likeness (QED) is 0.883. The summed E-state index contributed by atoms with van der Waals surface area (Å²) >= 11 is 0. The third kappa shape index (κ3) is 2.68. The summed E-state index contributed by atoms with van der Waals surface area (Å²) in [4.78, 5) is 0. The molecule has 0 aliphatic carbocycles.